The number of aliphatic hydroxyl groups is 1. The Morgan fingerprint density at radius 1 is 1.19 bits per heavy atom. The maximum Gasteiger partial charge on any atom is 0.264 e. The number of likely N-dealkylation sites (N-methyl/N-ethyl adjacent to an activating group) is 1. The van der Waals surface area contributed by atoms with E-state index >= 15 is 0 Å². The summed E-state index contributed by atoms with van der Waals surface area (Å²) < 4.78 is 1.16. The molecule has 5 nitrogen and oxygen atoms in total. The number of fused-ring (bicyclic) bond motifs is 1. The van der Waals surface area contributed by atoms with E-state index in [4.69, 9.17) is 0 Å². The number of carbonyl (C=O) groups is 1. The summed E-state index contributed by atoms with van der Waals surface area (Å²) in [6.45, 7) is 2.33. The average Bonchev–Trinajstić information content (AvgIpc) is 3.01. The number of aliphatic hydroxyl groups excluding tert-OH is 1. The van der Waals surface area contributed by atoms with Gasteiger partial charge in [-0.05, 0) is 60.5 Å². The Bertz CT molecular complexity index is 1000. The molecule has 0 saturated carbocycles. The molecule has 1 aliphatic heterocycles. The van der Waals surface area contributed by atoms with Crippen molar-refractivity contribution in [1.82, 2.24) is 14.8 Å². The molecule has 1 fully saturated rings. The van der Waals surface area contributed by atoms with Gasteiger partial charge in [0.1, 0.15) is 0 Å². The third kappa shape index (κ3) is 5.14. The summed E-state index contributed by atoms with van der Waals surface area (Å²) in [4.78, 5) is 22.4. The second-order valence-electron chi connectivity index (χ2n) is 8.39. The summed E-state index contributed by atoms with van der Waals surface area (Å²) in [5.74, 6) is 0.0135. The van der Waals surface area contributed by atoms with E-state index in [0.29, 0.717) is 12.6 Å². The van der Waals surface area contributed by atoms with E-state index < -0.39 is 0 Å². The highest BCUT2D eigenvalue weighted by molar-refractivity contribution is 7.21. The van der Waals surface area contributed by atoms with Gasteiger partial charge in [0.05, 0.1) is 11.5 Å². The van der Waals surface area contributed by atoms with Gasteiger partial charge in [0.15, 0.2) is 0 Å². The standard InChI is InChI=1S/C25H31N3O2S/c1-27(15-16-29)25(30)24-22(21-8-4-5-9-23(21)31-24)17-20-7-3-2-6-14-28(20)18-19-10-12-26-13-11-19/h4-5,8-13,20,29H,2-3,6-7,14-18H2,1H3/t20-/m1/s1. The van der Waals surface area contributed by atoms with E-state index in [1.54, 1.807) is 23.3 Å². The topological polar surface area (TPSA) is 56.7 Å². The van der Waals surface area contributed by atoms with E-state index in [0.717, 1.165) is 35.5 Å². The van der Waals surface area contributed by atoms with E-state index in [1.807, 2.05) is 18.5 Å². The van der Waals surface area contributed by atoms with Crippen LogP contribution in [0.25, 0.3) is 10.1 Å². The zero-order chi connectivity index (χ0) is 21.6. The first-order valence-corrected chi connectivity index (χ1v) is 12.0. The number of likely N-dealkylation sites (tertiary alicyclic amines) is 1. The number of nitrogens with zero attached hydrogens (tertiary/aromatic N) is 3. The van der Waals surface area contributed by atoms with E-state index in [9.17, 15) is 9.90 Å². The quantitative estimate of drug-likeness (QED) is 0.597. The minimum absolute atomic E-state index is 0.0135. The van der Waals surface area contributed by atoms with Gasteiger partial charge in [-0.15, -0.1) is 11.3 Å². The van der Waals surface area contributed by atoms with Gasteiger partial charge in [0, 0.05) is 43.3 Å². The highest BCUT2D eigenvalue weighted by atomic mass is 32.1. The molecule has 1 atom stereocenters. The number of rotatable bonds is 7. The van der Waals surface area contributed by atoms with Gasteiger partial charge in [0.2, 0.25) is 0 Å². The molecule has 1 amide bonds. The molecule has 0 radical (unpaired) electrons. The normalized spacial score (nSPS) is 17.5. The van der Waals surface area contributed by atoms with Gasteiger partial charge in [-0.1, -0.05) is 31.0 Å². The summed E-state index contributed by atoms with van der Waals surface area (Å²) in [6, 6.07) is 13.0. The molecule has 1 N–H and O–H groups in total. The van der Waals surface area contributed by atoms with Crippen LogP contribution in [-0.2, 0) is 13.0 Å². The van der Waals surface area contributed by atoms with Crippen molar-refractivity contribution in [1.29, 1.82) is 0 Å². The number of hydrogen-bond donors (Lipinski definition) is 1. The predicted molar refractivity (Wildman–Crippen MR) is 126 cm³/mol. The van der Waals surface area contributed by atoms with Crippen LogP contribution in [0.1, 0.15) is 46.5 Å². The van der Waals surface area contributed by atoms with E-state index in [2.05, 4.69) is 40.2 Å². The molecular weight excluding hydrogens is 406 g/mol. The van der Waals surface area contributed by atoms with Crippen LogP contribution in [0.5, 0.6) is 0 Å². The molecular formula is C25H31N3O2S. The number of aromatic nitrogens is 1. The number of hydrogen-bond acceptors (Lipinski definition) is 5. The Hall–Kier alpha value is -2.28. The van der Waals surface area contributed by atoms with Crippen LogP contribution in [-0.4, -0.2) is 58.6 Å². The van der Waals surface area contributed by atoms with Crippen LogP contribution < -0.4 is 0 Å². The van der Waals surface area contributed by atoms with Gasteiger partial charge in [0.25, 0.3) is 5.91 Å². The SMILES string of the molecule is CN(CCO)C(=O)c1sc2ccccc2c1C[C@H]1CCCCCN1Cc1ccncc1. The van der Waals surface area contributed by atoms with Crippen molar-refractivity contribution in [3.05, 3.63) is 64.8 Å². The highest BCUT2D eigenvalue weighted by Gasteiger charge is 2.27. The molecule has 1 aromatic carbocycles. The minimum Gasteiger partial charge on any atom is -0.395 e. The summed E-state index contributed by atoms with van der Waals surface area (Å²) in [5.41, 5.74) is 2.46. The number of thiophene rings is 1. The van der Waals surface area contributed by atoms with Crippen molar-refractivity contribution in [3.63, 3.8) is 0 Å². The van der Waals surface area contributed by atoms with Crippen molar-refractivity contribution < 1.29 is 9.90 Å². The van der Waals surface area contributed by atoms with Gasteiger partial charge in [-0.2, -0.15) is 0 Å². The maximum absolute atomic E-state index is 13.2. The third-order valence-electron chi connectivity index (χ3n) is 6.25. The molecule has 1 saturated heterocycles. The Balaban J connectivity index is 1.66. The Morgan fingerprint density at radius 2 is 2.00 bits per heavy atom. The molecule has 0 bridgehead atoms. The van der Waals surface area contributed by atoms with Crippen molar-refractivity contribution >= 4 is 27.3 Å². The van der Waals surface area contributed by atoms with Gasteiger partial charge < -0.3 is 10.0 Å². The fourth-order valence-electron chi connectivity index (χ4n) is 4.53. The van der Waals surface area contributed by atoms with Gasteiger partial charge in [-0.25, -0.2) is 0 Å². The predicted octanol–water partition coefficient (Wildman–Crippen LogP) is 4.35. The van der Waals surface area contributed by atoms with Gasteiger partial charge >= 0.3 is 0 Å². The first-order chi connectivity index (χ1) is 15.2. The Labute approximate surface area is 188 Å². The monoisotopic (exact) mass is 437 g/mol. The van der Waals surface area contributed by atoms with E-state index in [1.165, 1.54) is 35.8 Å². The molecule has 4 rings (SSSR count). The molecule has 3 heterocycles. The molecule has 1 aliphatic rings. The van der Waals surface area contributed by atoms with Crippen molar-refractivity contribution in [2.75, 3.05) is 26.7 Å². The molecule has 2 aromatic heterocycles. The Morgan fingerprint density at radius 3 is 2.81 bits per heavy atom. The van der Waals surface area contributed by atoms with Crippen LogP contribution in [0.2, 0.25) is 0 Å². The number of amides is 1. The molecule has 164 valence electrons. The number of pyridine rings is 1. The third-order valence-corrected chi connectivity index (χ3v) is 7.45. The summed E-state index contributed by atoms with van der Waals surface area (Å²) in [6.07, 6.45) is 9.46. The molecule has 6 heteroatoms. The second-order valence-corrected chi connectivity index (χ2v) is 9.44. The summed E-state index contributed by atoms with van der Waals surface area (Å²) >= 11 is 1.59. The zero-order valence-electron chi connectivity index (χ0n) is 18.2. The lowest BCUT2D eigenvalue weighted by Crippen LogP contribution is -2.36. The van der Waals surface area contributed by atoms with Crippen LogP contribution in [0.15, 0.2) is 48.8 Å². The largest absolute Gasteiger partial charge is 0.395 e. The zero-order valence-corrected chi connectivity index (χ0v) is 19.0. The lowest BCUT2D eigenvalue weighted by atomic mass is 9.97. The van der Waals surface area contributed by atoms with Gasteiger partial charge in [-0.3, -0.25) is 14.7 Å². The van der Waals surface area contributed by atoms with Crippen LogP contribution in [0.4, 0.5) is 0 Å². The lowest BCUT2D eigenvalue weighted by molar-refractivity contribution is 0.0770. The molecule has 0 aliphatic carbocycles. The molecule has 0 spiro atoms. The highest BCUT2D eigenvalue weighted by Crippen LogP contribution is 2.35. The smallest absolute Gasteiger partial charge is 0.264 e. The number of benzene rings is 1. The summed E-state index contributed by atoms with van der Waals surface area (Å²) in [5, 5.41) is 10.5. The fraction of sp³-hybridized carbons (Fsp3) is 0.440. The van der Waals surface area contributed by atoms with Crippen LogP contribution >= 0.6 is 11.3 Å². The van der Waals surface area contributed by atoms with Crippen molar-refractivity contribution in [2.24, 2.45) is 0 Å². The second kappa shape index (κ2) is 10.4. The lowest BCUT2D eigenvalue weighted by Gasteiger charge is -2.30. The number of carbonyl (C=O) groups excluding carboxylic acids is 1. The van der Waals surface area contributed by atoms with Crippen molar-refractivity contribution in [2.45, 2.75) is 44.7 Å². The minimum atomic E-state index is -0.0230. The van der Waals surface area contributed by atoms with Crippen LogP contribution in [0.3, 0.4) is 0 Å². The first-order valence-electron chi connectivity index (χ1n) is 11.2. The molecule has 3 aromatic rings. The first kappa shape index (κ1) is 21.9. The van der Waals surface area contributed by atoms with Crippen molar-refractivity contribution in [3.8, 4) is 0 Å². The van der Waals surface area contributed by atoms with Crippen LogP contribution in [0, 0.1) is 0 Å². The average molecular weight is 438 g/mol. The maximum atomic E-state index is 13.2. The fourth-order valence-corrected chi connectivity index (χ4v) is 5.76. The summed E-state index contributed by atoms with van der Waals surface area (Å²) in [7, 11) is 1.77. The molecule has 31 heavy (non-hydrogen) atoms. The Kier molecular flexibility index (Phi) is 7.33. The van der Waals surface area contributed by atoms with E-state index in [-0.39, 0.29) is 12.5 Å². The molecule has 0 unspecified atom stereocenters.